The quantitative estimate of drug-likeness (QED) is 0.252. The molecule has 1 rings (SSSR count). The van der Waals surface area contributed by atoms with Crippen LogP contribution in [0.2, 0.25) is 0 Å². The summed E-state index contributed by atoms with van der Waals surface area (Å²) in [5.41, 5.74) is -0.413. The lowest BCUT2D eigenvalue weighted by molar-refractivity contribution is -0.114. The molecule has 9 heteroatoms. The number of aliphatic imine (C=N–C) groups is 1. The normalized spacial score (nSPS) is 11.7. The van der Waals surface area contributed by atoms with Crippen LogP contribution >= 0.6 is 24.0 Å². The van der Waals surface area contributed by atoms with Crippen LogP contribution in [-0.2, 0) is 9.53 Å². The highest BCUT2D eigenvalue weighted by molar-refractivity contribution is 14.0. The maximum Gasteiger partial charge on any atom is 0.408 e. The van der Waals surface area contributed by atoms with E-state index in [0.717, 1.165) is 5.69 Å². The molecule has 1 aromatic carbocycles. The second-order valence-electron chi connectivity index (χ2n) is 7.97. The number of anilines is 1. The molecular formula is C20H34IN5O3. The highest BCUT2D eigenvalue weighted by atomic mass is 127. The Hall–Kier alpha value is -2.04. The summed E-state index contributed by atoms with van der Waals surface area (Å²) in [6.07, 6.45) is -0.483. The van der Waals surface area contributed by atoms with Gasteiger partial charge in [-0.1, -0.05) is 18.2 Å². The van der Waals surface area contributed by atoms with E-state index in [9.17, 15) is 9.59 Å². The average Bonchev–Trinajstić information content (AvgIpc) is 2.56. The van der Waals surface area contributed by atoms with Crippen molar-refractivity contribution in [2.75, 3.05) is 25.0 Å². The maximum atomic E-state index is 12.1. The van der Waals surface area contributed by atoms with E-state index in [4.69, 9.17) is 4.74 Å². The number of carbonyl (C=O) groups is 2. The number of rotatable bonds is 7. The number of alkyl carbamates (subject to hydrolysis) is 1. The van der Waals surface area contributed by atoms with Crippen LogP contribution in [0, 0.1) is 0 Å². The maximum absolute atomic E-state index is 12.1. The predicted octanol–water partition coefficient (Wildman–Crippen LogP) is 3.10. The molecule has 0 spiro atoms. The minimum Gasteiger partial charge on any atom is -0.444 e. The fraction of sp³-hybridized carbons (Fsp3) is 0.550. The number of benzene rings is 1. The number of halogens is 1. The van der Waals surface area contributed by atoms with Crippen LogP contribution < -0.4 is 21.3 Å². The molecule has 0 atom stereocenters. The second-order valence-corrected chi connectivity index (χ2v) is 7.97. The SMILES string of the molecule is CCNC(=NCC(=O)Nc1ccccc1)NCC(C)(C)NC(=O)OC(C)(C)C.I. The molecular weight excluding hydrogens is 485 g/mol. The van der Waals surface area contributed by atoms with E-state index in [1.165, 1.54) is 0 Å². The van der Waals surface area contributed by atoms with Gasteiger partial charge < -0.3 is 26.0 Å². The molecule has 0 heterocycles. The number of para-hydroxylation sites is 1. The van der Waals surface area contributed by atoms with Crippen molar-refractivity contribution < 1.29 is 14.3 Å². The zero-order chi connectivity index (χ0) is 21.2. The van der Waals surface area contributed by atoms with Crippen LogP contribution in [0.3, 0.4) is 0 Å². The third-order valence-electron chi connectivity index (χ3n) is 3.32. The molecule has 0 saturated carbocycles. The fourth-order valence-electron chi connectivity index (χ4n) is 2.14. The highest BCUT2D eigenvalue weighted by Crippen LogP contribution is 2.09. The van der Waals surface area contributed by atoms with Crippen LogP contribution in [0.15, 0.2) is 35.3 Å². The number of guanidine groups is 1. The van der Waals surface area contributed by atoms with Gasteiger partial charge in [0.2, 0.25) is 5.91 Å². The van der Waals surface area contributed by atoms with Gasteiger partial charge in [-0.25, -0.2) is 9.79 Å². The van der Waals surface area contributed by atoms with Crippen LogP contribution in [0.4, 0.5) is 10.5 Å². The van der Waals surface area contributed by atoms with E-state index in [1.807, 2.05) is 71.9 Å². The lowest BCUT2D eigenvalue weighted by Crippen LogP contribution is -2.54. The average molecular weight is 519 g/mol. The first-order valence-corrected chi connectivity index (χ1v) is 9.39. The Kier molecular flexibility index (Phi) is 11.6. The van der Waals surface area contributed by atoms with Gasteiger partial charge in [-0.2, -0.15) is 0 Å². The van der Waals surface area contributed by atoms with Gasteiger partial charge in [0.25, 0.3) is 0 Å². The monoisotopic (exact) mass is 519 g/mol. The zero-order valence-corrected chi connectivity index (χ0v) is 20.4. The highest BCUT2D eigenvalue weighted by Gasteiger charge is 2.24. The smallest absolute Gasteiger partial charge is 0.408 e. The fourth-order valence-corrected chi connectivity index (χ4v) is 2.14. The molecule has 2 amide bonds. The standard InChI is InChI=1S/C20H33N5O3.HI/c1-7-21-17(22-13-16(26)24-15-11-9-8-10-12-15)23-14-20(5,6)25-18(27)28-19(2,3)4;/h8-12H,7,13-14H2,1-6H3,(H,24,26)(H,25,27)(H2,21,22,23);1H. The van der Waals surface area contributed by atoms with Gasteiger partial charge in [0, 0.05) is 18.8 Å². The van der Waals surface area contributed by atoms with E-state index < -0.39 is 17.2 Å². The largest absolute Gasteiger partial charge is 0.444 e. The lowest BCUT2D eigenvalue weighted by Gasteiger charge is -2.29. The van der Waals surface area contributed by atoms with Crippen LogP contribution in [0.25, 0.3) is 0 Å². The Labute approximate surface area is 190 Å². The summed E-state index contributed by atoms with van der Waals surface area (Å²) in [5.74, 6) is 0.277. The van der Waals surface area contributed by atoms with Crippen molar-refractivity contribution in [3.05, 3.63) is 30.3 Å². The van der Waals surface area contributed by atoms with Gasteiger partial charge in [-0.05, 0) is 53.7 Å². The van der Waals surface area contributed by atoms with Crippen LogP contribution in [0.1, 0.15) is 41.5 Å². The number of amides is 2. The molecule has 0 aliphatic heterocycles. The predicted molar refractivity (Wildman–Crippen MR) is 128 cm³/mol. The Morgan fingerprint density at radius 2 is 1.66 bits per heavy atom. The first kappa shape index (κ1) is 27.0. The Balaban J connectivity index is 0.00000784. The van der Waals surface area contributed by atoms with Crippen molar-refractivity contribution in [3.8, 4) is 0 Å². The van der Waals surface area contributed by atoms with Crippen molar-refractivity contribution >= 4 is 47.6 Å². The third-order valence-corrected chi connectivity index (χ3v) is 3.32. The zero-order valence-electron chi connectivity index (χ0n) is 18.1. The Bertz CT molecular complexity index is 672. The Morgan fingerprint density at radius 3 is 2.21 bits per heavy atom. The summed E-state index contributed by atoms with van der Waals surface area (Å²) in [4.78, 5) is 28.3. The molecule has 164 valence electrons. The number of carbonyl (C=O) groups excluding carboxylic acids is 2. The summed E-state index contributed by atoms with van der Waals surface area (Å²) in [6, 6.07) is 9.22. The summed E-state index contributed by atoms with van der Waals surface area (Å²) in [5, 5.41) is 11.8. The topological polar surface area (TPSA) is 104 Å². The third kappa shape index (κ3) is 12.9. The first-order chi connectivity index (χ1) is 13.0. The van der Waals surface area contributed by atoms with Crippen molar-refractivity contribution in [2.24, 2.45) is 4.99 Å². The van der Waals surface area contributed by atoms with E-state index in [1.54, 1.807) is 0 Å². The molecule has 4 N–H and O–H groups in total. The van der Waals surface area contributed by atoms with E-state index >= 15 is 0 Å². The summed E-state index contributed by atoms with van der Waals surface area (Å²) < 4.78 is 5.29. The van der Waals surface area contributed by atoms with Gasteiger partial charge in [-0.15, -0.1) is 24.0 Å². The summed E-state index contributed by atoms with van der Waals surface area (Å²) >= 11 is 0. The minimum absolute atomic E-state index is 0. The molecule has 29 heavy (non-hydrogen) atoms. The molecule has 1 aromatic rings. The van der Waals surface area contributed by atoms with Crippen molar-refractivity contribution in [2.45, 2.75) is 52.7 Å². The van der Waals surface area contributed by atoms with Gasteiger partial charge >= 0.3 is 6.09 Å². The van der Waals surface area contributed by atoms with E-state index in [2.05, 4.69) is 26.3 Å². The van der Waals surface area contributed by atoms with Gasteiger partial charge in [-0.3, -0.25) is 4.79 Å². The Morgan fingerprint density at radius 1 is 1.03 bits per heavy atom. The number of hydrogen-bond donors (Lipinski definition) is 4. The molecule has 8 nitrogen and oxygen atoms in total. The molecule has 0 unspecified atom stereocenters. The number of ether oxygens (including phenoxy) is 1. The summed E-state index contributed by atoms with van der Waals surface area (Å²) in [7, 11) is 0. The molecule has 0 fully saturated rings. The molecule has 0 saturated heterocycles. The molecule has 0 aromatic heterocycles. The van der Waals surface area contributed by atoms with Crippen molar-refractivity contribution in [3.63, 3.8) is 0 Å². The van der Waals surface area contributed by atoms with Crippen LogP contribution in [0.5, 0.6) is 0 Å². The van der Waals surface area contributed by atoms with Gasteiger partial charge in [0.05, 0.1) is 5.54 Å². The number of hydrogen-bond acceptors (Lipinski definition) is 4. The number of nitrogens with one attached hydrogen (secondary N) is 4. The second kappa shape index (κ2) is 12.5. The molecule has 0 aliphatic rings. The van der Waals surface area contributed by atoms with Gasteiger partial charge in [0.1, 0.15) is 12.1 Å². The van der Waals surface area contributed by atoms with Gasteiger partial charge in [0.15, 0.2) is 5.96 Å². The molecule has 0 radical (unpaired) electrons. The molecule has 0 bridgehead atoms. The summed E-state index contributed by atoms with van der Waals surface area (Å²) in [6.45, 7) is 12.1. The van der Waals surface area contributed by atoms with E-state index in [0.29, 0.717) is 19.0 Å². The van der Waals surface area contributed by atoms with Crippen molar-refractivity contribution in [1.82, 2.24) is 16.0 Å². The number of nitrogens with zero attached hydrogens (tertiary/aromatic N) is 1. The minimum atomic E-state index is -0.579. The molecule has 0 aliphatic carbocycles. The van der Waals surface area contributed by atoms with E-state index in [-0.39, 0.29) is 36.4 Å². The first-order valence-electron chi connectivity index (χ1n) is 9.39. The lowest BCUT2D eigenvalue weighted by atomic mass is 10.1. The van der Waals surface area contributed by atoms with Crippen LogP contribution in [-0.4, -0.2) is 48.7 Å². The van der Waals surface area contributed by atoms with Crippen molar-refractivity contribution in [1.29, 1.82) is 0 Å².